The van der Waals surface area contributed by atoms with E-state index in [0.717, 1.165) is 0 Å². The molecule has 0 fully saturated rings. The number of nitrogens with two attached hydrogens (primary N) is 1. The van der Waals surface area contributed by atoms with E-state index >= 15 is 0 Å². The summed E-state index contributed by atoms with van der Waals surface area (Å²) in [5, 5.41) is 3.35. The number of ether oxygens (including phenoxy) is 1. The summed E-state index contributed by atoms with van der Waals surface area (Å²) in [4.78, 5) is 24.9. The van der Waals surface area contributed by atoms with Crippen molar-refractivity contribution in [3.05, 3.63) is 28.2 Å². The summed E-state index contributed by atoms with van der Waals surface area (Å²) < 4.78 is 4.80. The molecule has 2 amide bonds. The minimum absolute atomic E-state index is 0. The fourth-order valence-corrected chi connectivity index (χ4v) is 1.90. The van der Waals surface area contributed by atoms with Gasteiger partial charge in [-0.1, -0.05) is 23.2 Å². The molecule has 1 atom stereocenters. The maximum Gasteiger partial charge on any atom is 0.243 e. The van der Waals surface area contributed by atoms with Crippen LogP contribution in [-0.4, -0.2) is 50.1 Å². The average Bonchev–Trinajstić information content (AvgIpc) is 2.42. The number of halogens is 3. The fraction of sp³-hybridized carbons (Fsp3) is 0.385. The maximum absolute atomic E-state index is 11.9. The summed E-state index contributed by atoms with van der Waals surface area (Å²) in [6.07, 6.45) is 0. The molecule has 0 heterocycles. The minimum Gasteiger partial charge on any atom is -0.383 e. The third kappa shape index (κ3) is 6.37. The van der Waals surface area contributed by atoms with E-state index in [0.29, 0.717) is 15.7 Å². The fourth-order valence-electron chi connectivity index (χ4n) is 1.60. The molecule has 0 aliphatic rings. The van der Waals surface area contributed by atoms with Gasteiger partial charge in [-0.15, -0.1) is 12.4 Å². The van der Waals surface area contributed by atoms with E-state index < -0.39 is 6.04 Å². The molecule has 1 unspecified atom stereocenters. The van der Waals surface area contributed by atoms with E-state index in [2.05, 4.69) is 5.32 Å². The molecule has 0 saturated carbocycles. The van der Waals surface area contributed by atoms with Crippen LogP contribution in [0.2, 0.25) is 10.0 Å². The highest BCUT2D eigenvalue weighted by molar-refractivity contribution is 6.42. The zero-order chi connectivity index (χ0) is 16.0. The van der Waals surface area contributed by atoms with Crippen molar-refractivity contribution in [3.8, 4) is 0 Å². The van der Waals surface area contributed by atoms with E-state index in [9.17, 15) is 9.59 Å². The first-order valence-electron chi connectivity index (χ1n) is 6.09. The van der Waals surface area contributed by atoms with Crippen LogP contribution in [0.15, 0.2) is 18.2 Å². The summed E-state index contributed by atoms with van der Waals surface area (Å²) in [6, 6.07) is 3.92. The van der Waals surface area contributed by atoms with Crippen molar-refractivity contribution >= 4 is 53.1 Å². The van der Waals surface area contributed by atoms with Crippen LogP contribution < -0.4 is 11.1 Å². The Morgan fingerprint density at radius 3 is 2.55 bits per heavy atom. The monoisotopic (exact) mass is 369 g/mol. The normalized spacial score (nSPS) is 11.3. The van der Waals surface area contributed by atoms with Gasteiger partial charge < -0.3 is 20.7 Å². The lowest BCUT2D eigenvalue weighted by atomic mass is 10.3. The largest absolute Gasteiger partial charge is 0.383 e. The summed E-state index contributed by atoms with van der Waals surface area (Å²) >= 11 is 11.6. The predicted molar refractivity (Wildman–Crippen MR) is 89.8 cm³/mol. The summed E-state index contributed by atoms with van der Waals surface area (Å²) in [6.45, 7) is -0.0337. The first-order valence-corrected chi connectivity index (χ1v) is 6.85. The van der Waals surface area contributed by atoms with Crippen LogP contribution >= 0.6 is 35.6 Å². The Morgan fingerprint density at radius 1 is 1.36 bits per heavy atom. The SMILES string of the molecule is COCC(N)C(=O)N(C)CC(=O)Nc1ccc(Cl)c(Cl)c1.Cl. The number of nitrogens with zero attached hydrogens (tertiary/aromatic N) is 1. The number of nitrogens with one attached hydrogen (secondary N) is 1. The number of hydrogen-bond acceptors (Lipinski definition) is 4. The Bertz CT molecular complexity index is 528. The predicted octanol–water partition coefficient (Wildman–Crippen LogP) is 1.79. The van der Waals surface area contributed by atoms with Gasteiger partial charge >= 0.3 is 0 Å². The van der Waals surface area contributed by atoms with E-state index in [1.807, 2.05) is 0 Å². The minimum atomic E-state index is -0.794. The Balaban J connectivity index is 0.00000441. The molecule has 0 spiro atoms. The molecule has 1 aromatic rings. The van der Waals surface area contributed by atoms with Crippen LogP contribution in [0.5, 0.6) is 0 Å². The number of amides is 2. The third-order valence-electron chi connectivity index (χ3n) is 2.62. The summed E-state index contributed by atoms with van der Waals surface area (Å²) in [5.41, 5.74) is 6.11. The highest BCUT2D eigenvalue weighted by Gasteiger charge is 2.19. The number of carbonyl (C=O) groups excluding carboxylic acids is 2. The Kier molecular flexibility index (Phi) is 9.39. The number of carbonyl (C=O) groups is 2. The topological polar surface area (TPSA) is 84.7 Å². The van der Waals surface area contributed by atoms with E-state index in [1.165, 1.54) is 25.1 Å². The van der Waals surface area contributed by atoms with Crippen molar-refractivity contribution in [2.24, 2.45) is 5.73 Å². The molecular formula is C13H18Cl3N3O3. The van der Waals surface area contributed by atoms with Gasteiger partial charge in [0.15, 0.2) is 0 Å². The van der Waals surface area contributed by atoms with Gasteiger partial charge in [0.05, 0.1) is 23.2 Å². The highest BCUT2D eigenvalue weighted by Crippen LogP contribution is 2.24. The van der Waals surface area contributed by atoms with E-state index in [-0.39, 0.29) is 37.4 Å². The molecule has 0 aromatic heterocycles. The second-order valence-corrected chi connectivity index (χ2v) is 5.25. The number of methoxy groups -OCH3 is 1. The quantitative estimate of drug-likeness (QED) is 0.799. The highest BCUT2D eigenvalue weighted by atomic mass is 35.5. The Labute approximate surface area is 145 Å². The first kappa shape index (κ1) is 20.9. The zero-order valence-electron chi connectivity index (χ0n) is 12.1. The van der Waals surface area contributed by atoms with Gasteiger partial charge in [-0.3, -0.25) is 9.59 Å². The molecule has 9 heteroatoms. The molecule has 1 aromatic carbocycles. The smallest absolute Gasteiger partial charge is 0.243 e. The molecule has 0 radical (unpaired) electrons. The standard InChI is InChI=1S/C13H17Cl2N3O3.ClH/c1-18(13(20)11(16)7-21-2)6-12(19)17-8-3-4-9(14)10(15)5-8;/h3-5,11H,6-7,16H2,1-2H3,(H,17,19);1H. The molecule has 6 nitrogen and oxygen atoms in total. The number of anilines is 1. The second kappa shape index (κ2) is 9.86. The lowest BCUT2D eigenvalue weighted by Crippen LogP contribution is -2.46. The van der Waals surface area contributed by atoms with Crippen LogP contribution in [0.4, 0.5) is 5.69 Å². The van der Waals surface area contributed by atoms with E-state index in [1.54, 1.807) is 12.1 Å². The van der Waals surface area contributed by atoms with Crippen LogP contribution in [0.25, 0.3) is 0 Å². The Morgan fingerprint density at radius 2 is 2.00 bits per heavy atom. The van der Waals surface area contributed by atoms with Crippen molar-refractivity contribution in [3.63, 3.8) is 0 Å². The maximum atomic E-state index is 11.9. The van der Waals surface area contributed by atoms with Gasteiger partial charge in [-0.2, -0.15) is 0 Å². The van der Waals surface area contributed by atoms with E-state index in [4.69, 9.17) is 33.7 Å². The summed E-state index contributed by atoms with van der Waals surface area (Å²) in [7, 11) is 2.94. The van der Waals surface area contributed by atoms with Gasteiger partial charge in [0, 0.05) is 19.8 Å². The molecule has 0 bridgehead atoms. The van der Waals surface area contributed by atoms with Crippen LogP contribution in [0, 0.1) is 0 Å². The van der Waals surface area contributed by atoms with Gasteiger partial charge in [0.2, 0.25) is 11.8 Å². The van der Waals surface area contributed by atoms with Crippen molar-refractivity contribution in [2.75, 3.05) is 32.6 Å². The van der Waals surface area contributed by atoms with Gasteiger partial charge in [-0.25, -0.2) is 0 Å². The molecule has 3 N–H and O–H groups in total. The molecule has 0 aliphatic heterocycles. The molecular weight excluding hydrogens is 353 g/mol. The van der Waals surface area contributed by atoms with Crippen LogP contribution in [-0.2, 0) is 14.3 Å². The molecule has 1 rings (SSSR count). The number of hydrogen-bond donors (Lipinski definition) is 2. The summed E-state index contributed by atoms with van der Waals surface area (Å²) in [5.74, 6) is -0.741. The van der Waals surface area contributed by atoms with Crippen LogP contribution in [0.3, 0.4) is 0 Å². The zero-order valence-corrected chi connectivity index (χ0v) is 14.5. The van der Waals surface area contributed by atoms with Gasteiger partial charge in [0.25, 0.3) is 0 Å². The lowest BCUT2D eigenvalue weighted by Gasteiger charge is -2.20. The van der Waals surface area contributed by atoms with Gasteiger partial charge in [-0.05, 0) is 18.2 Å². The first-order chi connectivity index (χ1) is 9.85. The number of benzene rings is 1. The molecule has 22 heavy (non-hydrogen) atoms. The van der Waals surface area contributed by atoms with Crippen LogP contribution in [0.1, 0.15) is 0 Å². The van der Waals surface area contributed by atoms with Crippen molar-refractivity contribution < 1.29 is 14.3 Å². The molecule has 124 valence electrons. The van der Waals surface area contributed by atoms with Gasteiger partial charge in [0.1, 0.15) is 6.04 Å². The van der Waals surface area contributed by atoms with Crippen molar-refractivity contribution in [1.29, 1.82) is 0 Å². The van der Waals surface area contributed by atoms with Crippen molar-refractivity contribution in [1.82, 2.24) is 4.90 Å². The lowest BCUT2D eigenvalue weighted by molar-refractivity contribution is -0.135. The number of likely N-dealkylation sites (N-methyl/N-ethyl adjacent to an activating group) is 1. The molecule has 0 aliphatic carbocycles. The number of rotatable bonds is 6. The molecule has 0 saturated heterocycles. The Hall–Kier alpha value is -1.05. The van der Waals surface area contributed by atoms with Crippen molar-refractivity contribution in [2.45, 2.75) is 6.04 Å². The second-order valence-electron chi connectivity index (χ2n) is 4.43. The third-order valence-corrected chi connectivity index (χ3v) is 3.36. The average molecular weight is 371 g/mol.